The lowest BCUT2D eigenvalue weighted by atomic mass is 10.0. The maximum atomic E-state index is 13.5. The molecule has 0 fully saturated rings. The number of phosphoric acid groups is 1. The average molecular weight is 1090 g/mol. The summed E-state index contributed by atoms with van der Waals surface area (Å²) >= 11 is 0. The predicted octanol–water partition coefficient (Wildman–Crippen LogP) is 19.2. The number of allylic oxidation sites excluding steroid dienone is 9. The molecule has 444 valence electrons. The van der Waals surface area contributed by atoms with Gasteiger partial charge < -0.3 is 28.5 Å². The summed E-state index contributed by atoms with van der Waals surface area (Å²) in [5.41, 5.74) is 0. The van der Waals surface area contributed by atoms with Gasteiger partial charge in [-0.15, -0.1) is 0 Å². The number of quaternary nitrogens is 1. The molecule has 3 unspecified atom stereocenters. The average Bonchev–Trinajstić information content (AvgIpc) is 3.38. The van der Waals surface area contributed by atoms with Gasteiger partial charge in [0.15, 0.2) is 0 Å². The van der Waals surface area contributed by atoms with Gasteiger partial charge in [0, 0.05) is 12.8 Å². The van der Waals surface area contributed by atoms with Crippen LogP contribution >= 0.6 is 7.82 Å². The lowest BCUT2D eigenvalue weighted by molar-refractivity contribution is -0.870. The third-order valence-electron chi connectivity index (χ3n) is 14.2. The Kier molecular flexibility index (Phi) is 54.3. The molecule has 0 aromatic heterocycles. The second-order valence-corrected chi connectivity index (χ2v) is 24.3. The first-order chi connectivity index (χ1) is 36.9. The molecule has 0 saturated heterocycles. The third kappa shape index (κ3) is 56.4. The molecular weight excluding hydrogens is 964 g/mol. The first-order valence-electron chi connectivity index (χ1n) is 32.1. The SMILES string of the molecule is CCCCC/C=C\C/C=C\C/C=C\C/C=C\CCCCCCCC(=O)OC(/C=C/CCCCCCCCCCCCC)C(COP(=O)([O-])OCC[N+](C)(C)C)NC(=O)CCCCCCCCCCCCCCCCCC. The van der Waals surface area contributed by atoms with Crippen molar-refractivity contribution in [1.82, 2.24) is 5.32 Å². The van der Waals surface area contributed by atoms with Crippen LogP contribution in [0.25, 0.3) is 0 Å². The molecule has 0 heterocycles. The largest absolute Gasteiger partial charge is 0.756 e. The molecule has 0 spiro atoms. The van der Waals surface area contributed by atoms with Gasteiger partial charge in [-0.1, -0.05) is 268 Å². The second kappa shape index (κ2) is 56.0. The van der Waals surface area contributed by atoms with Crippen LogP contribution in [0, 0.1) is 0 Å². The highest BCUT2D eigenvalue weighted by Gasteiger charge is 2.27. The molecule has 0 aromatic carbocycles. The molecular formula is C66H123N2O7P. The standard InChI is InChI=1S/C66H123N2O7P/c1-7-10-13-16-19-22-25-28-30-32-33-34-35-36-38-41-44-47-50-53-56-59-66(70)75-64(57-54-51-48-45-42-39-27-24-21-18-15-12-9-3)63(62-74-76(71,72)73-61-60-68(4,5)6)67-65(69)58-55-52-49-46-43-40-37-31-29-26-23-20-17-14-11-8-2/h19,22,28,30,33-34,36,38,54,57,63-64H,7-18,20-21,23-27,29,31-32,35,37,39-53,55-56,58-62H2,1-6H3,(H-,67,69,71,72)/b22-19-,30-28-,34-33-,38-36-,57-54+. The van der Waals surface area contributed by atoms with Crippen LogP contribution in [-0.2, 0) is 27.9 Å². The van der Waals surface area contributed by atoms with Gasteiger partial charge in [-0.25, -0.2) is 0 Å². The maximum absolute atomic E-state index is 13.5. The van der Waals surface area contributed by atoms with Crippen LogP contribution in [-0.4, -0.2) is 69.4 Å². The lowest BCUT2D eigenvalue weighted by Gasteiger charge is -2.30. The van der Waals surface area contributed by atoms with E-state index < -0.39 is 26.6 Å². The van der Waals surface area contributed by atoms with Crippen molar-refractivity contribution in [3.8, 4) is 0 Å². The van der Waals surface area contributed by atoms with Gasteiger partial charge in [0.25, 0.3) is 7.82 Å². The van der Waals surface area contributed by atoms with E-state index in [-0.39, 0.29) is 24.9 Å². The summed E-state index contributed by atoms with van der Waals surface area (Å²) in [7, 11) is 1.18. The summed E-state index contributed by atoms with van der Waals surface area (Å²) < 4.78 is 30.3. The van der Waals surface area contributed by atoms with Gasteiger partial charge in [0.1, 0.15) is 19.3 Å². The summed E-state index contributed by atoms with van der Waals surface area (Å²) in [6.07, 6.45) is 70.3. The molecule has 0 saturated carbocycles. The van der Waals surface area contributed by atoms with Crippen LogP contribution in [0.15, 0.2) is 60.8 Å². The van der Waals surface area contributed by atoms with Crippen LogP contribution in [0.5, 0.6) is 0 Å². The van der Waals surface area contributed by atoms with Crippen LogP contribution in [0.4, 0.5) is 0 Å². The maximum Gasteiger partial charge on any atom is 0.306 e. The van der Waals surface area contributed by atoms with E-state index in [0.717, 1.165) is 89.9 Å². The molecule has 0 radical (unpaired) electrons. The first kappa shape index (κ1) is 73.7. The van der Waals surface area contributed by atoms with Crippen LogP contribution in [0.2, 0.25) is 0 Å². The van der Waals surface area contributed by atoms with Crippen molar-refractivity contribution in [2.75, 3.05) is 40.9 Å². The topological polar surface area (TPSA) is 114 Å². The fourth-order valence-corrected chi connectivity index (χ4v) is 9.94. The van der Waals surface area contributed by atoms with E-state index >= 15 is 0 Å². The van der Waals surface area contributed by atoms with E-state index in [9.17, 15) is 19.0 Å². The summed E-state index contributed by atoms with van der Waals surface area (Å²) in [5.74, 6) is -0.552. The lowest BCUT2D eigenvalue weighted by Crippen LogP contribution is -2.47. The third-order valence-corrected chi connectivity index (χ3v) is 15.2. The number of likely N-dealkylation sites (N-methyl/N-ethyl adjacent to an activating group) is 1. The van der Waals surface area contributed by atoms with Gasteiger partial charge in [-0.05, 0) is 76.7 Å². The Hall–Kier alpha value is -2.29. The van der Waals surface area contributed by atoms with Crippen LogP contribution < -0.4 is 10.2 Å². The normalized spacial score (nSPS) is 14.0. The van der Waals surface area contributed by atoms with Crippen LogP contribution in [0.1, 0.15) is 297 Å². The number of amides is 1. The van der Waals surface area contributed by atoms with E-state index in [2.05, 4.69) is 74.7 Å². The summed E-state index contributed by atoms with van der Waals surface area (Å²) in [4.78, 5) is 40.0. The Morgan fingerprint density at radius 1 is 0.461 bits per heavy atom. The Balaban J connectivity index is 5.28. The molecule has 10 heteroatoms. The molecule has 76 heavy (non-hydrogen) atoms. The van der Waals surface area contributed by atoms with Gasteiger partial charge in [-0.3, -0.25) is 14.2 Å². The molecule has 0 aromatic rings. The van der Waals surface area contributed by atoms with E-state index in [0.29, 0.717) is 23.9 Å². The van der Waals surface area contributed by atoms with Crippen molar-refractivity contribution >= 4 is 19.7 Å². The number of nitrogens with one attached hydrogen (secondary N) is 1. The van der Waals surface area contributed by atoms with Gasteiger partial charge in [-0.2, -0.15) is 0 Å². The first-order valence-corrected chi connectivity index (χ1v) is 33.6. The summed E-state index contributed by atoms with van der Waals surface area (Å²) in [6, 6.07) is -0.895. The van der Waals surface area contributed by atoms with Crippen molar-refractivity contribution in [3.63, 3.8) is 0 Å². The molecule has 1 amide bonds. The van der Waals surface area contributed by atoms with E-state index in [4.69, 9.17) is 13.8 Å². The zero-order valence-electron chi connectivity index (χ0n) is 50.7. The van der Waals surface area contributed by atoms with Crippen LogP contribution in [0.3, 0.4) is 0 Å². The minimum atomic E-state index is -4.70. The smallest absolute Gasteiger partial charge is 0.306 e. The van der Waals surface area contributed by atoms with Gasteiger partial charge in [0.2, 0.25) is 5.91 Å². The molecule has 0 aliphatic heterocycles. The number of ether oxygens (including phenoxy) is 1. The zero-order chi connectivity index (χ0) is 55.7. The molecule has 0 bridgehead atoms. The van der Waals surface area contributed by atoms with Crippen molar-refractivity contribution in [3.05, 3.63) is 60.8 Å². The molecule has 3 atom stereocenters. The van der Waals surface area contributed by atoms with Gasteiger partial charge in [0.05, 0.1) is 33.8 Å². The zero-order valence-corrected chi connectivity index (χ0v) is 51.6. The second-order valence-electron chi connectivity index (χ2n) is 22.9. The summed E-state index contributed by atoms with van der Waals surface area (Å²) in [6.45, 7) is 6.83. The molecule has 9 nitrogen and oxygen atoms in total. The van der Waals surface area contributed by atoms with Crippen molar-refractivity contribution in [2.24, 2.45) is 0 Å². The van der Waals surface area contributed by atoms with Crippen molar-refractivity contribution < 1.29 is 37.3 Å². The molecule has 1 N–H and O–H groups in total. The molecule has 0 aliphatic rings. The predicted molar refractivity (Wildman–Crippen MR) is 325 cm³/mol. The fraction of sp³-hybridized carbons (Fsp3) is 0.818. The number of esters is 1. The van der Waals surface area contributed by atoms with Crippen molar-refractivity contribution in [2.45, 2.75) is 309 Å². The summed E-state index contributed by atoms with van der Waals surface area (Å²) in [5, 5.41) is 3.03. The number of nitrogens with zero attached hydrogens (tertiary/aromatic N) is 1. The monoisotopic (exact) mass is 1090 g/mol. The molecule has 0 rings (SSSR count). The Labute approximate surface area is 471 Å². The number of carbonyl (C=O) groups excluding carboxylic acids is 2. The van der Waals surface area contributed by atoms with Crippen molar-refractivity contribution in [1.29, 1.82) is 0 Å². The van der Waals surface area contributed by atoms with E-state index in [1.807, 2.05) is 33.3 Å². The number of hydrogen-bond donors (Lipinski definition) is 1. The van der Waals surface area contributed by atoms with Gasteiger partial charge >= 0.3 is 5.97 Å². The number of phosphoric ester groups is 1. The Bertz CT molecular complexity index is 1490. The Morgan fingerprint density at radius 3 is 1.22 bits per heavy atom. The highest BCUT2D eigenvalue weighted by molar-refractivity contribution is 7.45. The minimum Gasteiger partial charge on any atom is -0.756 e. The number of rotatable bonds is 58. The Morgan fingerprint density at radius 2 is 0.803 bits per heavy atom. The number of carbonyl (C=O) groups is 2. The quantitative estimate of drug-likeness (QED) is 0.0212. The van der Waals surface area contributed by atoms with E-state index in [1.54, 1.807) is 0 Å². The molecule has 0 aliphatic carbocycles. The number of unbranched alkanes of at least 4 members (excludes halogenated alkanes) is 34. The highest BCUT2D eigenvalue weighted by Crippen LogP contribution is 2.38. The fourth-order valence-electron chi connectivity index (χ4n) is 9.21. The van der Waals surface area contributed by atoms with E-state index in [1.165, 1.54) is 167 Å². The minimum absolute atomic E-state index is 0.0254. The number of hydrogen-bond acceptors (Lipinski definition) is 7. The highest BCUT2D eigenvalue weighted by atomic mass is 31.2.